The zero-order valence-electron chi connectivity index (χ0n) is 40.1. The highest BCUT2D eigenvalue weighted by Gasteiger charge is 2.21. The van der Waals surface area contributed by atoms with Gasteiger partial charge >= 0.3 is 0 Å². The number of benzene rings is 7. The molecule has 2 heterocycles. The van der Waals surface area contributed by atoms with E-state index in [2.05, 4.69) is 60.0 Å². The van der Waals surface area contributed by atoms with Gasteiger partial charge in [0.15, 0.2) is 0 Å². The van der Waals surface area contributed by atoms with Gasteiger partial charge in [0.25, 0.3) is 0 Å². The molecule has 0 atom stereocenters. The molecule has 0 amide bonds. The fraction of sp³-hybridized carbons (Fsp3) is 0.0943. The molecule has 9 aromatic rings. The molecule has 0 aliphatic heterocycles. The number of phenols is 1. The topological polar surface area (TPSA) is 50.9 Å². The number of fused-ring (bicyclic) bond motifs is 1. The molecule has 0 fully saturated rings. The molecular formula is C53H43N3O. The highest BCUT2D eigenvalue weighted by molar-refractivity contribution is 5.97. The van der Waals surface area contributed by atoms with Crippen LogP contribution >= 0.6 is 0 Å². The number of hydrogen-bond acceptors (Lipinski definition) is 3. The summed E-state index contributed by atoms with van der Waals surface area (Å²) in [5, 5.41) is 11.2. The monoisotopic (exact) mass is 746 g/mol. The molecule has 9 rings (SSSR count). The van der Waals surface area contributed by atoms with Crippen molar-refractivity contribution in [3.8, 4) is 78.6 Å². The van der Waals surface area contributed by atoms with Gasteiger partial charge in [0.05, 0.1) is 22.3 Å². The van der Waals surface area contributed by atoms with Crippen molar-refractivity contribution in [3.63, 3.8) is 0 Å². The summed E-state index contributed by atoms with van der Waals surface area (Å²) < 4.78 is 75.5. The van der Waals surface area contributed by atoms with Gasteiger partial charge in [-0.2, -0.15) is 0 Å². The molecular weight excluding hydrogens is 695 g/mol. The predicted molar refractivity (Wildman–Crippen MR) is 237 cm³/mol. The second kappa shape index (κ2) is 14.6. The summed E-state index contributed by atoms with van der Waals surface area (Å²) in [7, 11) is 0. The van der Waals surface area contributed by atoms with Crippen LogP contribution in [0.15, 0.2) is 182 Å². The lowest BCUT2D eigenvalue weighted by Crippen LogP contribution is -2.10. The number of imidazole rings is 1. The first kappa shape index (κ1) is 26.7. The van der Waals surface area contributed by atoms with Crippen LogP contribution in [-0.4, -0.2) is 19.6 Å². The van der Waals surface area contributed by atoms with Crippen LogP contribution in [0, 0.1) is 6.92 Å². The summed E-state index contributed by atoms with van der Waals surface area (Å²) in [6, 6.07) is 55.5. The average Bonchev–Trinajstić information content (AvgIpc) is 3.68. The first-order valence-corrected chi connectivity index (χ1v) is 18.7. The smallest absolute Gasteiger partial charge is 0.149 e. The summed E-state index contributed by atoms with van der Waals surface area (Å²) in [6.45, 7) is -8.00. The number of pyridine rings is 1. The minimum atomic E-state index is -3.36. The van der Waals surface area contributed by atoms with E-state index in [4.69, 9.17) is 22.3 Å². The van der Waals surface area contributed by atoms with Crippen molar-refractivity contribution in [2.75, 3.05) is 0 Å². The lowest BCUT2D eigenvalue weighted by molar-refractivity contribution is 0.477. The van der Waals surface area contributed by atoms with Crippen LogP contribution in [0.3, 0.4) is 0 Å². The van der Waals surface area contributed by atoms with Gasteiger partial charge in [-0.05, 0) is 123 Å². The second-order valence-electron chi connectivity index (χ2n) is 14.2. The van der Waals surface area contributed by atoms with Crippen molar-refractivity contribution in [3.05, 3.63) is 193 Å². The largest absolute Gasteiger partial charge is 0.507 e. The number of nitrogens with zero attached hydrogens (tertiary/aromatic N) is 3. The number of aromatic hydroxyl groups is 1. The summed E-state index contributed by atoms with van der Waals surface area (Å²) in [4.78, 5) is 10.1. The van der Waals surface area contributed by atoms with E-state index in [-0.39, 0.29) is 11.3 Å². The molecule has 57 heavy (non-hydrogen) atoms. The minimum absolute atomic E-state index is 0.105. The zero-order valence-corrected chi connectivity index (χ0v) is 31.1. The predicted octanol–water partition coefficient (Wildman–Crippen LogP) is 13.7. The molecule has 0 aliphatic carbocycles. The van der Waals surface area contributed by atoms with Crippen molar-refractivity contribution in [2.24, 2.45) is 0 Å². The van der Waals surface area contributed by atoms with E-state index in [1.165, 1.54) is 12.1 Å². The quantitative estimate of drug-likeness (QED) is 0.177. The Morgan fingerprint density at radius 1 is 0.526 bits per heavy atom. The summed E-state index contributed by atoms with van der Waals surface area (Å²) in [5.74, 6) is 0.685. The molecule has 0 bridgehead atoms. The Morgan fingerprint density at radius 2 is 1.19 bits per heavy atom. The van der Waals surface area contributed by atoms with E-state index in [0.717, 1.165) is 61.2 Å². The molecule has 7 aromatic carbocycles. The third kappa shape index (κ3) is 6.91. The van der Waals surface area contributed by atoms with Gasteiger partial charge < -0.3 is 5.11 Å². The second-order valence-corrected chi connectivity index (χ2v) is 14.2. The number of para-hydroxylation sites is 2. The number of phenolic OH excluding ortho intramolecular Hbond substituents is 1. The summed E-state index contributed by atoms with van der Waals surface area (Å²) >= 11 is 0. The molecule has 0 unspecified atom stereocenters. The first-order chi connectivity index (χ1) is 31.5. The van der Waals surface area contributed by atoms with Crippen LogP contribution in [0.25, 0.3) is 83.9 Å². The van der Waals surface area contributed by atoms with E-state index in [1.54, 1.807) is 36.5 Å². The van der Waals surface area contributed by atoms with E-state index in [1.807, 2.05) is 84.9 Å². The van der Waals surface area contributed by atoms with Crippen LogP contribution in [0.4, 0.5) is 0 Å². The molecule has 276 valence electrons. The maximum Gasteiger partial charge on any atom is 0.149 e. The third-order valence-corrected chi connectivity index (χ3v) is 10.4. The highest BCUT2D eigenvalue weighted by Crippen LogP contribution is 2.40. The fourth-order valence-electron chi connectivity index (χ4n) is 7.57. The van der Waals surface area contributed by atoms with Crippen LogP contribution in [0.2, 0.25) is 0 Å². The van der Waals surface area contributed by atoms with E-state index in [9.17, 15) is 5.11 Å². The number of hydrogen-bond donors (Lipinski definition) is 1. The minimum Gasteiger partial charge on any atom is -0.507 e. The average molecular weight is 747 g/mol. The Hall–Kier alpha value is -7.04. The molecule has 0 saturated carbocycles. The van der Waals surface area contributed by atoms with Crippen molar-refractivity contribution in [1.29, 1.82) is 0 Å². The molecule has 1 N–H and O–H groups in total. The fourth-order valence-corrected chi connectivity index (χ4v) is 7.57. The molecule has 0 radical (unpaired) electrons. The van der Waals surface area contributed by atoms with E-state index < -0.39 is 26.0 Å². The van der Waals surface area contributed by atoms with Gasteiger partial charge in [-0.3, -0.25) is 9.55 Å². The Kier molecular flexibility index (Phi) is 6.82. The Balaban J connectivity index is 1.19. The van der Waals surface area contributed by atoms with Crippen molar-refractivity contribution >= 4 is 11.0 Å². The van der Waals surface area contributed by atoms with Crippen LogP contribution in [0.5, 0.6) is 5.75 Å². The Bertz CT molecular complexity index is 3190. The molecule has 4 heteroatoms. The lowest BCUT2D eigenvalue weighted by Gasteiger charge is -2.19. The normalized spacial score (nSPS) is 14.6. The van der Waals surface area contributed by atoms with Gasteiger partial charge in [-0.25, -0.2) is 4.98 Å². The SMILES string of the molecule is [2H]C([2H])([2H])C(c1ccc(-c2ccnc(-c3cc(-c4ccccc4)cc(-c4cccc5c4nc(-c4ccccc4O)n5-c4ccc(-c5ccccc5)c(C)c4)c3)c2)cc1)(C([2H])([2H])[2H])C([2H])([2H])[2H]. The number of aromatic nitrogens is 3. The standard InChI is InChI=1S/C53H43N3O/c1-35-30-44(26-27-45(35)38-16-9-6-10-17-38)56-49-20-13-19-46(51(49)55-52(56)47-18-11-12-21-50(47)57)41-31-40(36-14-7-5-8-15-36)32-42(33-41)48-34-39(28-29-54-48)37-22-24-43(25-23-37)53(2,3)4/h5-34,57H,1-4H3/i2D3,3D3,4D3. The summed E-state index contributed by atoms with van der Waals surface area (Å²) in [6.07, 6.45) is 1.66. The van der Waals surface area contributed by atoms with Gasteiger partial charge in [0, 0.05) is 35.3 Å². The van der Waals surface area contributed by atoms with Crippen molar-refractivity contribution in [1.82, 2.24) is 14.5 Å². The van der Waals surface area contributed by atoms with E-state index >= 15 is 0 Å². The van der Waals surface area contributed by atoms with Crippen LogP contribution < -0.4 is 0 Å². The van der Waals surface area contributed by atoms with Gasteiger partial charge in [0.1, 0.15) is 11.6 Å². The van der Waals surface area contributed by atoms with Gasteiger partial charge in [-0.1, -0.05) is 136 Å². The van der Waals surface area contributed by atoms with Gasteiger partial charge in [-0.15, -0.1) is 0 Å². The van der Waals surface area contributed by atoms with Gasteiger partial charge in [0.2, 0.25) is 0 Å². The number of rotatable bonds is 7. The Morgan fingerprint density at radius 3 is 1.93 bits per heavy atom. The molecule has 0 aliphatic rings. The Labute approximate surface area is 347 Å². The number of aryl methyl sites for hydroxylation is 1. The van der Waals surface area contributed by atoms with E-state index in [0.29, 0.717) is 28.2 Å². The maximum absolute atomic E-state index is 11.2. The molecule has 0 saturated heterocycles. The molecule has 0 spiro atoms. The highest BCUT2D eigenvalue weighted by atomic mass is 16.3. The van der Waals surface area contributed by atoms with Crippen molar-refractivity contribution < 1.29 is 17.4 Å². The maximum atomic E-state index is 11.2. The zero-order chi connectivity index (χ0) is 46.6. The first-order valence-electron chi connectivity index (χ1n) is 23.2. The van der Waals surface area contributed by atoms with Crippen LogP contribution in [-0.2, 0) is 5.41 Å². The molecule has 4 nitrogen and oxygen atoms in total. The lowest BCUT2D eigenvalue weighted by atomic mass is 9.86. The van der Waals surface area contributed by atoms with Crippen molar-refractivity contribution in [2.45, 2.75) is 32.9 Å². The third-order valence-electron chi connectivity index (χ3n) is 10.4. The summed E-state index contributed by atoms with van der Waals surface area (Å²) in [5.41, 5.74) is 9.29. The van der Waals surface area contributed by atoms with Crippen LogP contribution in [0.1, 0.15) is 44.0 Å². The molecule has 2 aromatic heterocycles.